The second kappa shape index (κ2) is 7.69. The minimum absolute atomic E-state index is 0.432. The van der Waals surface area contributed by atoms with Crippen LogP contribution in [0.4, 0.5) is 0 Å². The van der Waals surface area contributed by atoms with Crippen LogP contribution >= 0.6 is 0 Å². The number of imidazole rings is 1. The Morgan fingerprint density at radius 1 is 1.24 bits per heavy atom. The number of hydrogen-bond donors (Lipinski definition) is 1. The van der Waals surface area contributed by atoms with Crippen LogP contribution in [0.1, 0.15) is 25.2 Å². The lowest BCUT2D eigenvalue weighted by atomic mass is 10.2. The highest BCUT2D eigenvalue weighted by Crippen LogP contribution is 2.28. The van der Waals surface area contributed by atoms with E-state index in [1.165, 1.54) is 5.56 Å². The summed E-state index contributed by atoms with van der Waals surface area (Å²) in [7, 11) is 1.65. The zero-order chi connectivity index (χ0) is 15.1. The van der Waals surface area contributed by atoms with Crippen LogP contribution in [0, 0.1) is 0 Å². The number of methoxy groups -OCH3 is 1. The van der Waals surface area contributed by atoms with E-state index in [9.17, 15) is 0 Å². The number of aryl methyl sites for hydroxylation is 1. The van der Waals surface area contributed by atoms with Crippen molar-refractivity contribution in [2.45, 2.75) is 33.5 Å². The summed E-state index contributed by atoms with van der Waals surface area (Å²) in [5, 5.41) is 3.30. The molecule has 2 aromatic rings. The van der Waals surface area contributed by atoms with E-state index >= 15 is 0 Å². The number of nitrogens with one attached hydrogen (secondary N) is 1. The third-order valence-electron chi connectivity index (χ3n) is 3.31. The lowest BCUT2D eigenvalue weighted by molar-refractivity contribution is 0.271. The summed E-state index contributed by atoms with van der Waals surface area (Å²) < 4.78 is 13.3. The van der Waals surface area contributed by atoms with Crippen LogP contribution < -0.4 is 14.8 Å². The van der Waals surface area contributed by atoms with Crippen LogP contribution in [-0.2, 0) is 19.7 Å². The first-order valence-corrected chi connectivity index (χ1v) is 7.28. The molecule has 21 heavy (non-hydrogen) atoms. The molecule has 0 aliphatic carbocycles. The zero-order valence-corrected chi connectivity index (χ0v) is 12.9. The van der Waals surface area contributed by atoms with Gasteiger partial charge in [-0.3, -0.25) is 0 Å². The quantitative estimate of drug-likeness (QED) is 0.811. The molecule has 5 nitrogen and oxygen atoms in total. The number of benzene rings is 1. The molecule has 0 fully saturated rings. The molecule has 0 aliphatic rings. The van der Waals surface area contributed by atoms with Crippen LogP contribution in [0.15, 0.2) is 30.6 Å². The van der Waals surface area contributed by atoms with Gasteiger partial charge in [-0.1, -0.05) is 13.0 Å². The van der Waals surface area contributed by atoms with Gasteiger partial charge in [0.2, 0.25) is 0 Å². The van der Waals surface area contributed by atoms with Gasteiger partial charge in [0.1, 0.15) is 12.4 Å². The van der Waals surface area contributed by atoms with E-state index in [0.29, 0.717) is 6.61 Å². The average molecular weight is 289 g/mol. The fourth-order valence-corrected chi connectivity index (χ4v) is 2.12. The fourth-order valence-electron chi connectivity index (χ4n) is 2.12. The van der Waals surface area contributed by atoms with E-state index < -0.39 is 0 Å². The standard InChI is InChI=1S/C16H23N3O2/c1-4-17-11-13-6-7-14(20-3)15(10-13)21-12-16-18-8-9-19(16)5-2/h6-10,17H,4-5,11-12H2,1-3H3. The smallest absolute Gasteiger partial charge is 0.162 e. The summed E-state index contributed by atoms with van der Waals surface area (Å²) in [4.78, 5) is 4.31. The Morgan fingerprint density at radius 3 is 2.81 bits per heavy atom. The lowest BCUT2D eigenvalue weighted by Crippen LogP contribution is -2.12. The molecule has 1 aromatic heterocycles. The molecular weight excluding hydrogens is 266 g/mol. The predicted octanol–water partition coefficient (Wildman–Crippen LogP) is 2.60. The van der Waals surface area contributed by atoms with E-state index in [4.69, 9.17) is 9.47 Å². The maximum atomic E-state index is 5.90. The van der Waals surface area contributed by atoms with Gasteiger partial charge < -0.3 is 19.4 Å². The van der Waals surface area contributed by atoms with Crippen molar-refractivity contribution in [1.29, 1.82) is 0 Å². The third kappa shape index (κ3) is 3.98. The molecule has 1 heterocycles. The summed E-state index contributed by atoms with van der Waals surface area (Å²) in [6.07, 6.45) is 3.75. The van der Waals surface area contributed by atoms with Crippen molar-refractivity contribution in [1.82, 2.24) is 14.9 Å². The number of rotatable bonds is 8. The molecule has 2 rings (SSSR count). The zero-order valence-electron chi connectivity index (χ0n) is 12.9. The normalized spacial score (nSPS) is 10.6. The van der Waals surface area contributed by atoms with Crippen molar-refractivity contribution in [2.24, 2.45) is 0 Å². The molecular formula is C16H23N3O2. The molecule has 1 N–H and O–H groups in total. The molecule has 0 saturated heterocycles. The Bertz CT molecular complexity index is 566. The fraction of sp³-hybridized carbons (Fsp3) is 0.438. The molecule has 0 radical (unpaired) electrons. The Labute approximate surface area is 125 Å². The van der Waals surface area contributed by atoms with Crippen LogP contribution in [0.3, 0.4) is 0 Å². The van der Waals surface area contributed by atoms with Gasteiger partial charge in [-0.25, -0.2) is 4.98 Å². The van der Waals surface area contributed by atoms with Gasteiger partial charge in [-0.2, -0.15) is 0 Å². The summed E-state index contributed by atoms with van der Waals surface area (Å²) in [5.41, 5.74) is 1.17. The van der Waals surface area contributed by atoms with Crippen molar-refractivity contribution in [3.05, 3.63) is 42.0 Å². The summed E-state index contributed by atoms with van der Waals surface area (Å²) >= 11 is 0. The molecule has 114 valence electrons. The van der Waals surface area contributed by atoms with Gasteiger partial charge in [0.25, 0.3) is 0 Å². The number of ether oxygens (including phenoxy) is 2. The monoisotopic (exact) mass is 289 g/mol. The van der Waals surface area contributed by atoms with E-state index in [2.05, 4.69) is 28.7 Å². The van der Waals surface area contributed by atoms with E-state index in [-0.39, 0.29) is 0 Å². The second-order valence-electron chi connectivity index (χ2n) is 4.68. The molecule has 0 amide bonds. The summed E-state index contributed by atoms with van der Waals surface area (Å²) in [5.74, 6) is 2.40. The van der Waals surface area contributed by atoms with Crippen molar-refractivity contribution in [2.75, 3.05) is 13.7 Å². The van der Waals surface area contributed by atoms with Crippen molar-refractivity contribution >= 4 is 0 Å². The van der Waals surface area contributed by atoms with Crippen molar-refractivity contribution < 1.29 is 9.47 Å². The minimum Gasteiger partial charge on any atom is -0.493 e. The number of hydrogen-bond acceptors (Lipinski definition) is 4. The average Bonchev–Trinajstić information content (AvgIpc) is 2.98. The van der Waals surface area contributed by atoms with E-state index in [0.717, 1.165) is 37.0 Å². The van der Waals surface area contributed by atoms with Gasteiger partial charge in [-0.05, 0) is 31.2 Å². The van der Waals surface area contributed by atoms with Crippen LogP contribution in [-0.4, -0.2) is 23.2 Å². The van der Waals surface area contributed by atoms with Crippen molar-refractivity contribution in [3.8, 4) is 11.5 Å². The maximum Gasteiger partial charge on any atom is 0.162 e. The Kier molecular flexibility index (Phi) is 5.63. The molecule has 5 heteroatoms. The summed E-state index contributed by atoms with van der Waals surface area (Å²) in [6, 6.07) is 6.00. The maximum absolute atomic E-state index is 5.90. The highest BCUT2D eigenvalue weighted by molar-refractivity contribution is 5.43. The largest absolute Gasteiger partial charge is 0.493 e. The number of nitrogens with zero attached hydrogens (tertiary/aromatic N) is 2. The van der Waals surface area contributed by atoms with E-state index in [1.807, 2.05) is 24.4 Å². The molecule has 0 saturated carbocycles. The topological polar surface area (TPSA) is 48.3 Å². The third-order valence-corrected chi connectivity index (χ3v) is 3.31. The predicted molar refractivity (Wildman–Crippen MR) is 82.6 cm³/mol. The van der Waals surface area contributed by atoms with Crippen LogP contribution in [0.25, 0.3) is 0 Å². The molecule has 0 spiro atoms. The lowest BCUT2D eigenvalue weighted by Gasteiger charge is -2.13. The SMILES string of the molecule is CCNCc1ccc(OC)c(OCc2nccn2CC)c1. The Hall–Kier alpha value is -2.01. The highest BCUT2D eigenvalue weighted by Gasteiger charge is 2.08. The first kappa shape index (κ1) is 15.4. The molecule has 0 aliphatic heterocycles. The summed E-state index contributed by atoms with van der Waals surface area (Å²) in [6.45, 7) is 7.25. The second-order valence-corrected chi connectivity index (χ2v) is 4.68. The molecule has 1 aromatic carbocycles. The molecule has 0 atom stereocenters. The first-order valence-electron chi connectivity index (χ1n) is 7.28. The van der Waals surface area contributed by atoms with Gasteiger partial charge in [0.15, 0.2) is 11.5 Å². The van der Waals surface area contributed by atoms with Crippen molar-refractivity contribution in [3.63, 3.8) is 0 Å². The van der Waals surface area contributed by atoms with Crippen LogP contribution in [0.2, 0.25) is 0 Å². The first-order chi connectivity index (χ1) is 10.3. The van der Waals surface area contributed by atoms with Crippen LogP contribution in [0.5, 0.6) is 11.5 Å². The minimum atomic E-state index is 0.432. The van der Waals surface area contributed by atoms with E-state index in [1.54, 1.807) is 13.3 Å². The Morgan fingerprint density at radius 2 is 2.10 bits per heavy atom. The highest BCUT2D eigenvalue weighted by atomic mass is 16.5. The van der Waals surface area contributed by atoms with Gasteiger partial charge in [0, 0.05) is 25.5 Å². The molecule has 0 bridgehead atoms. The number of aromatic nitrogens is 2. The van der Waals surface area contributed by atoms with Gasteiger partial charge in [0.05, 0.1) is 7.11 Å². The molecule has 0 unspecified atom stereocenters. The van der Waals surface area contributed by atoms with Gasteiger partial charge in [-0.15, -0.1) is 0 Å². The van der Waals surface area contributed by atoms with Gasteiger partial charge >= 0.3 is 0 Å². The Balaban J connectivity index is 2.09.